The predicted molar refractivity (Wildman–Crippen MR) is 86.2 cm³/mol. The molecule has 1 fully saturated rings. The predicted octanol–water partition coefficient (Wildman–Crippen LogP) is 3.11. The van der Waals surface area contributed by atoms with Crippen LogP contribution >= 0.6 is 0 Å². The Labute approximate surface area is 131 Å². The van der Waals surface area contributed by atoms with Crippen LogP contribution in [-0.4, -0.2) is 34.3 Å². The summed E-state index contributed by atoms with van der Waals surface area (Å²) < 4.78 is 5.68. The lowest BCUT2D eigenvalue weighted by atomic mass is 10.00. The zero-order valence-corrected chi connectivity index (χ0v) is 13.1. The average Bonchev–Trinajstić information content (AvgIpc) is 3.14. The van der Waals surface area contributed by atoms with E-state index in [9.17, 15) is 0 Å². The van der Waals surface area contributed by atoms with Gasteiger partial charge in [0.15, 0.2) is 0 Å². The first-order chi connectivity index (χ1) is 10.8. The van der Waals surface area contributed by atoms with Crippen molar-refractivity contribution in [3.8, 4) is 0 Å². The summed E-state index contributed by atoms with van der Waals surface area (Å²) in [4.78, 5) is 2.57. The maximum Gasteiger partial charge on any atom is 0.118 e. The van der Waals surface area contributed by atoms with E-state index in [1.165, 1.54) is 22.4 Å². The quantitative estimate of drug-likeness (QED) is 0.932. The van der Waals surface area contributed by atoms with E-state index in [1.807, 2.05) is 6.20 Å². The first-order valence-corrected chi connectivity index (χ1v) is 8.27. The molecule has 0 radical (unpaired) electrons. The minimum absolute atomic E-state index is 0.560. The SMILES string of the molecule is C[C@H](CC1=CC=C2CCOC2=CC1)N1CCc2n[nH]cc2C1. The Morgan fingerprint density at radius 1 is 1.36 bits per heavy atom. The lowest BCUT2D eigenvalue weighted by molar-refractivity contribution is 0.188. The van der Waals surface area contributed by atoms with E-state index < -0.39 is 0 Å². The van der Waals surface area contributed by atoms with E-state index >= 15 is 0 Å². The van der Waals surface area contributed by atoms with Gasteiger partial charge in [0.05, 0.1) is 12.3 Å². The first-order valence-electron chi connectivity index (χ1n) is 8.27. The molecule has 4 rings (SSSR count). The van der Waals surface area contributed by atoms with Crippen molar-refractivity contribution >= 4 is 0 Å². The van der Waals surface area contributed by atoms with E-state index in [0.717, 1.165) is 51.1 Å². The molecule has 0 saturated carbocycles. The van der Waals surface area contributed by atoms with Crippen LogP contribution in [0.4, 0.5) is 0 Å². The van der Waals surface area contributed by atoms with Crippen LogP contribution in [0.15, 0.2) is 41.3 Å². The minimum atomic E-state index is 0.560. The highest BCUT2D eigenvalue weighted by Crippen LogP contribution is 2.29. The van der Waals surface area contributed by atoms with Crippen LogP contribution in [0.3, 0.4) is 0 Å². The second kappa shape index (κ2) is 5.76. The molecule has 1 saturated heterocycles. The van der Waals surface area contributed by atoms with E-state index in [2.05, 4.69) is 40.2 Å². The van der Waals surface area contributed by atoms with Crippen molar-refractivity contribution < 1.29 is 4.74 Å². The Balaban J connectivity index is 1.41. The molecule has 4 heteroatoms. The number of rotatable bonds is 3. The molecule has 1 atom stereocenters. The highest BCUT2D eigenvalue weighted by Gasteiger charge is 2.23. The smallest absolute Gasteiger partial charge is 0.118 e. The zero-order valence-electron chi connectivity index (χ0n) is 13.1. The molecular weight excluding hydrogens is 274 g/mol. The molecule has 1 N–H and O–H groups in total. The van der Waals surface area contributed by atoms with Gasteiger partial charge < -0.3 is 4.74 Å². The first kappa shape index (κ1) is 13.8. The van der Waals surface area contributed by atoms with Gasteiger partial charge in [-0.25, -0.2) is 0 Å². The Kier molecular flexibility index (Phi) is 3.62. The van der Waals surface area contributed by atoms with E-state index in [4.69, 9.17) is 4.74 Å². The summed E-state index contributed by atoms with van der Waals surface area (Å²) in [5.74, 6) is 1.11. The van der Waals surface area contributed by atoms with Gasteiger partial charge in [0.2, 0.25) is 0 Å². The van der Waals surface area contributed by atoms with Crippen molar-refractivity contribution in [1.29, 1.82) is 0 Å². The molecule has 3 aliphatic rings. The zero-order chi connectivity index (χ0) is 14.9. The Morgan fingerprint density at radius 2 is 2.32 bits per heavy atom. The Hall–Kier alpha value is -1.81. The molecule has 1 aromatic heterocycles. The number of fused-ring (bicyclic) bond motifs is 2. The fraction of sp³-hybridized carbons (Fsp3) is 0.500. The summed E-state index contributed by atoms with van der Waals surface area (Å²) in [5.41, 5.74) is 5.48. The number of hydrogen-bond donors (Lipinski definition) is 1. The number of nitrogens with one attached hydrogen (secondary N) is 1. The van der Waals surface area contributed by atoms with Gasteiger partial charge in [0, 0.05) is 43.7 Å². The van der Waals surface area contributed by atoms with Crippen molar-refractivity contribution in [2.45, 2.75) is 45.2 Å². The fourth-order valence-corrected chi connectivity index (χ4v) is 3.63. The van der Waals surface area contributed by atoms with E-state index in [0.29, 0.717) is 6.04 Å². The molecule has 0 bridgehead atoms. The van der Waals surface area contributed by atoms with Crippen LogP contribution in [-0.2, 0) is 17.7 Å². The van der Waals surface area contributed by atoms with Gasteiger partial charge in [-0.2, -0.15) is 5.10 Å². The summed E-state index contributed by atoms with van der Waals surface area (Å²) in [6.45, 7) is 5.32. The maximum atomic E-state index is 5.68. The van der Waals surface area contributed by atoms with Crippen LogP contribution in [0.25, 0.3) is 0 Å². The second-order valence-electron chi connectivity index (χ2n) is 6.52. The van der Waals surface area contributed by atoms with Gasteiger partial charge >= 0.3 is 0 Å². The Morgan fingerprint density at radius 3 is 3.27 bits per heavy atom. The molecule has 1 aliphatic carbocycles. The molecule has 0 aromatic carbocycles. The van der Waals surface area contributed by atoms with Crippen LogP contribution < -0.4 is 0 Å². The van der Waals surface area contributed by atoms with Crippen LogP contribution in [0, 0.1) is 0 Å². The minimum Gasteiger partial charge on any atom is -0.493 e. The van der Waals surface area contributed by atoms with Crippen LogP contribution in [0.1, 0.15) is 37.4 Å². The van der Waals surface area contributed by atoms with Gasteiger partial charge in [0.1, 0.15) is 5.76 Å². The molecular formula is C18H23N3O. The molecule has 22 heavy (non-hydrogen) atoms. The third kappa shape index (κ3) is 2.63. The molecule has 1 aromatic rings. The monoisotopic (exact) mass is 297 g/mol. The van der Waals surface area contributed by atoms with E-state index in [-0.39, 0.29) is 0 Å². The summed E-state index contributed by atoms with van der Waals surface area (Å²) in [7, 11) is 0. The average molecular weight is 297 g/mol. The standard InChI is InChI=1S/C18H23N3O/c1-13(21-8-6-17-16(12-21)11-19-20-17)10-14-2-4-15-7-9-22-18(15)5-3-14/h2,4-5,11,13H,3,6-10,12H2,1H3,(H,19,20)/t13-/m1/s1. The fourth-order valence-electron chi connectivity index (χ4n) is 3.63. The molecule has 0 amide bonds. The number of allylic oxidation sites excluding steroid dienone is 4. The third-order valence-corrected chi connectivity index (χ3v) is 5.01. The number of ether oxygens (including phenoxy) is 1. The molecule has 3 heterocycles. The lowest BCUT2D eigenvalue weighted by Gasteiger charge is -2.32. The van der Waals surface area contributed by atoms with Gasteiger partial charge in [-0.05, 0) is 31.4 Å². The summed E-state index contributed by atoms with van der Waals surface area (Å²) in [6, 6.07) is 0.560. The summed E-state index contributed by atoms with van der Waals surface area (Å²) >= 11 is 0. The molecule has 0 unspecified atom stereocenters. The van der Waals surface area contributed by atoms with Gasteiger partial charge in [0.25, 0.3) is 0 Å². The number of hydrogen-bond acceptors (Lipinski definition) is 3. The van der Waals surface area contributed by atoms with Crippen LogP contribution in [0.5, 0.6) is 0 Å². The molecule has 4 nitrogen and oxygen atoms in total. The maximum absolute atomic E-state index is 5.68. The van der Waals surface area contributed by atoms with Gasteiger partial charge in [-0.1, -0.05) is 17.7 Å². The van der Waals surface area contributed by atoms with Crippen molar-refractivity contribution in [3.63, 3.8) is 0 Å². The van der Waals surface area contributed by atoms with Crippen molar-refractivity contribution in [2.75, 3.05) is 13.2 Å². The highest BCUT2D eigenvalue weighted by molar-refractivity contribution is 5.37. The lowest BCUT2D eigenvalue weighted by Crippen LogP contribution is -2.37. The van der Waals surface area contributed by atoms with Gasteiger partial charge in [-0.3, -0.25) is 10.00 Å². The highest BCUT2D eigenvalue weighted by atomic mass is 16.5. The second-order valence-corrected chi connectivity index (χ2v) is 6.52. The van der Waals surface area contributed by atoms with Crippen molar-refractivity contribution in [1.82, 2.24) is 15.1 Å². The molecule has 0 spiro atoms. The van der Waals surface area contributed by atoms with Gasteiger partial charge in [-0.15, -0.1) is 0 Å². The topological polar surface area (TPSA) is 41.1 Å². The summed E-state index contributed by atoms with van der Waals surface area (Å²) in [5, 5.41) is 7.31. The normalized spacial score (nSPS) is 22.7. The number of H-pyrrole nitrogens is 1. The van der Waals surface area contributed by atoms with Crippen molar-refractivity contribution in [2.24, 2.45) is 0 Å². The number of nitrogens with zero attached hydrogens (tertiary/aromatic N) is 2. The third-order valence-electron chi connectivity index (χ3n) is 5.01. The number of aromatic amines is 1. The summed E-state index contributed by atoms with van der Waals surface area (Å²) in [6.07, 6.45) is 13.1. The largest absolute Gasteiger partial charge is 0.493 e. The van der Waals surface area contributed by atoms with Crippen molar-refractivity contribution in [3.05, 3.63) is 52.6 Å². The van der Waals surface area contributed by atoms with Crippen LogP contribution in [0.2, 0.25) is 0 Å². The molecule has 116 valence electrons. The Bertz CT molecular complexity index is 653. The molecule has 2 aliphatic heterocycles. The number of aromatic nitrogens is 2. The van der Waals surface area contributed by atoms with E-state index in [1.54, 1.807) is 0 Å².